The standard InChI is InChI=1S/C10H16O5/c1-14-9(12)8(10(13)15-2)6-4-3-5-7-11/h3-4,8,11H,5-7H2,1-2H3/b4-3+. The molecule has 0 aliphatic heterocycles. The number of ether oxygens (including phenoxy) is 2. The maximum Gasteiger partial charge on any atom is 0.320 e. The van der Waals surface area contributed by atoms with Gasteiger partial charge in [-0.3, -0.25) is 9.59 Å². The molecule has 0 unspecified atom stereocenters. The number of aliphatic hydroxyl groups is 1. The fraction of sp³-hybridized carbons (Fsp3) is 0.600. The van der Waals surface area contributed by atoms with Gasteiger partial charge in [-0.05, 0) is 12.8 Å². The Hall–Kier alpha value is -1.36. The molecule has 5 heteroatoms. The number of esters is 2. The highest BCUT2D eigenvalue weighted by Gasteiger charge is 2.26. The van der Waals surface area contributed by atoms with Gasteiger partial charge in [0.15, 0.2) is 5.92 Å². The van der Waals surface area contributed by atoms with Gasteiger partial charge >= 0.3 is 11.9 Å². The number of hydrogen-bond acceptors (Lipinski definition) is 5. The Balaban J connectivity index is 4.25. The van der Waals surface area contributed by atoms with E-state index in [1.54, 1.807) is 12.2 Å². The molecule has 0 aromatic carbocycles. The molecular formula is C10H16O5. The largest absolute Gasteiger partial charge is 0.468 e. The monoisotopic (exact) mass is 216 g/mol. The van der Waals surface area contributed by atoms with Crippen molar-refractivity contribution >= 4 is 11.9 Å². The Labute approximate surface area is 88.7 Å². The van der Waals surface area contributed by atoms with Crippen LogP contribution in [0.3, 0.4) is 0 Å². The van der Waals surface area contributed by atoms with Crippen LogP contribution in [0.2, 0.25) is 0 Å². The number of carbonyl (C=O) groups is 2. The van der Waals surface area contributed by atoms with Crippen molar-refractivity contribution < 1.29 is 24.2 Å². The summed E-state index contributed by atoms with van der Waals surface area (Å²) in [6, 6.07) is 0. The highest BCUT2D eigenvalue weighted by atomic mass is 16.5. The number of allylic oxidation sites excluding steroid dienone is 1. The zero-order valence-electron chi connectivity index (χ0n) is 8.93. The number of carbonyl (C=O) groups excluding carboxylic acids is 2. The molecule has 0 aromatic heterocycles. The molecule has 0 atom stereocenters. The lowest BCUT2D eigenvalue weighted by molar-refractivity contribution is -0.158. The number of aliphatic hydroxyl groups excluding tert-OH is 1. The van der Waals surface area contributed by atoms with Gasteiger partial charge in [0.25, 0.3) is 0 Å². The second-order valence-corrected chi connectivity index (χ2v) is 2.82. The lowest BCUT2D eigenvalue weighted by atomic mass is 10.1. The van der Waals surface area contributed by atoms with Gasteiger partial charge in [-0.25, -0.2) is 0 Å². The molecule has 15 heavy (non-hydrogen) atoms. The minimum atomic E-state index is -0.921. The van der Waals surface area contributed by atoms with Crippen LogP contribution in [0.25, 0.3) is 0 Å². The van der Waals surface area contributed by atoms with Crippen LogP contribution in [0.1, 0.15) is 12.8 Å². The molecule has 5 nitrogen and oxygen atoms in total. The lowest BCUT2D eigenvalue weighted by Gasteiger charge is -2.09. The Morgan fingerprint density at radius 2 is 1.73 bits per heavy atom. The molecule has 0 amide bonds. The topological polar surface area (TPSA) is 72.8 Å². The van der Waals surface area contributed by atoms with E-state index in [0.717, 1.165) is 0 Å². The Morgan fingerprint density at radius 1 is 1.20 bits per heavy atom. The first-order valence-corrected chi connectivity index (χ1v) is 4.58. The summed E-state index contributed by atoms with van der Waals surface area (Å²) in [5.41, 5.74) is 0. The first kappa shape index (κ1) is 13.6. The highest BCUT2D eigenvalue weighted by Crippen LogP contribution is 2.09. The van der Waals surface area contributed by atoms with Crippen molar-refractivity contribution in [3.8, 4) is 0 Å². The first-order valence-electron chi connectivity index (χ1n) is 4.58. The van der Waals surface area contributed by atoms with Crippen molar-refractivity contribution in [1.82, 2.24) is 0 Å². The molecular weight excluding hydrogens is 200 g/mol. The van der Waals surface area contributed by atoms with Crippen molar-refractivity contribution in [2.24, 2.45) is 5.92 Å². The summed E-state index contributed by atoms with van der Waals surface area (Å²) >= 11 is 0. The SMILES string of the molecule is COC(=O)C(C/C=C/CCO)C(=O)OC. The molecule has 0 spiro atoms. The van der Waals surface area contributed by atoms with Gasteiger partial charge in [0.1, 0.15) is 0 Å². The summed E-state index contributed by atoms with van der Waals surface area (Å²) in [5.74, 6) is -2.15. The zero-order chi connectivity index (χ0) is 11.7. The van der Waals surface area contributed by atoms with Crippen LogP contribution in [0, 0.1) is 5.92 Å². The number of methoxy groups -OCH3 is 2. The van der Waals surface area contributed by atoms with E-state index in [1.807, 2.05) is 0 Å². The normalized spacial score (nSPS) is 10.7. The van der Waals surface area contributed by atoms with Crippen molar-refractivity contribution in [3.63, 3.8) is 0 Å². The van der Waals surface area contributed by atoms with Gasteiger partial charge in [0.2, 0.25) is 0 Å². The van der Waals surface area contributed by atoms with Crippen LogP contribution in [0.15, 0.2) is 12.2 Å². The van der Waals surface area contributed by atoms with E-state index in [9.17, 15) is 9.59 Å². The second kappa shape index (κ2) is 7.99. The minimum Gasteiger partial charge on any atom is -0.468 e. The average molecular weight is 216 g/mol. The maximum absolute atomic E-state index is 11.2. The van der Waals surface area contributed by atoms with Gasteiger partial charge in [-0.15, -0.1) is 0 Å². The quantitative estimate of drug-likeness (QED) is 0.392. The smallest absolute Gasteiger partial charge is 0.320 e. The van der Waals surface area contributed by atoms with Crippen molar-refractivity contribution in [1.29, 1.82) is 0 Å². The molecule has 0 radical (unpaired) electrons. The molecule has 1 N–H and O–H groups in total. The average Bonchev–Trinajstić information content (AvgIpc) is 2.27. The Bertz CT molecular complexity index is 218. The first-order chi connectivity index (χ1) is 7.17. The minimum absolute atomic E-state index is 0.0393. The van der Waals surface area contributed by atoms with Gasteiger partial charge in [0.05, 0.1) is 14.2 Å². The van der Waals surface area contributed by atoms with Gasteiger partial charge in [-0.2, -0.15) is 0 Å². The van der Waals surface area contributed by atoms with Crippen LogP contribution in [0.4, 0.5) is 0 Å². The molecule has 0 saturated carbocycles. The summed E-state index contributed by atoms with van der Waals surface area (Å²) in [4.78, 5) is 22.3. The molecule has 0 fully saturated rings. The third-order valence-electron chi connectivity index (χ3n) is 1.81. The predicted molar refractivity (Wildman–Crippen MR) is 53.0 cm³/mol. The summed E-state index contributed by atoms with van der Waals surface area (Å²) in [7, 11) is 2.44. The second-order valence-electron chi connectivity index (χ2n) is 2.82. The van der Waals surface area contributed by atoms with Crippen LogP contribution in [-0.4, -0.2) is 37.9 Å². The summed E-state index contributed by atoms with van der Waals surface area (Å²) < 4.78 is 8.94. The zero-order valence-corrected chi connectivity index (χ0v) is 8.93. The van der Waals surface area contributed by atoms with Crippen LogP contribution in [-0.2, 0) is 19.1 Å². The third-order valence-corrected chi connectivity index (χ3v) is 1.81. The molecule has 0 aliphatic rings. The fourth-order valence-electron chi connectivity index (χ4n) is 0.998. The predicted octanol–water partition coefficient (Wildman–Crippen LogP) is 0.277. The molecule has 0 rings (SSSR count). The van der Waals surface area contributed by atoms with Crippen molar-refractivity contribution in [2.75, 3.05) is 20.8 Å². The highest BCUT2D eigenvalue weighted by molar-refractivity contribution is 5.94. The summed E-state index contributed by atoms with van der Waals surface area (Å²) in [6.45, 7) is 0.0393. The summed E-state index contributed by atoms with van der Waals surface area (Å²) in [5, 5.41) is 8.51. The van der Waals surface area contributed by atoms with Crippen molar-refractivity contribution in [3.05, 3.63) is 12.2 Å². The fourth-order valence-corrected chi connectivity index (χ4v) is 0.998. The van der Waals surface area contributed by atoms with Gasteiger partial charge < -0.3 is 14.6 Å². The van der Waals surface area contributed by atoms with Crippen LogP contribution in [0.5, 0.6) is 0 Å². The van der Waals surface area contributed by atoms with Gasteiger partial charge in [-0.1, -0.05) is 12.2 Å². The molecule has 0 aliphatic carbocycles. The van der Waals surface area contributed by atoms with Crippen LogP contribution < -0.4 is 0 Å². The number of rotatable bonds is 6. The lowest BCUT2D eigenvalue weighted by Crippen LogP contribution is -2.25. The Kier molecular flexibility index (Phi) is 7.27. The van der Waals surface area contributed by atoms with E-state index in [4.69, 9.17) is 5.11 Å². The Morgan fingerprint density at radius 3 is 2.13 bits per heavy atom. The van der Waals surface area contributed by atoms with Crippen molar-refractivity contribution in [2.45, 2.75) is 12.8 Å². The summed E-state index contributed by atoms with van der Waals surface area (Å²) in [6.07, 6.45) is 4.06. The molecule has 0 bridgehead atoms. The molecule has 0 heterocycles. The van der Waals surface area contributed by atoms with Gasteiger partial charge in [0, 0.05) is 6.61 Å². The van der Waals surface area contributed by atoms with E-state index in [2.05, 4.69) is 9.47 Å². The maximum atomic E-state index is 11.2. The molecule has 0 aromatic rings. The van der Waals surface area contributed by atoms with Crippen LogP contribution >= 0.6 is 0 Å². The van der Waals surface area contributed by atoms with E-state index in [0.29, 0.717) is 6.42 Å². The van der Waals surface area contributed by atoms with E-state index in [-0.39, 0.29) is 13.0 Å². The number of hydrogen-bond donors (Lipinski definition) is 1. The van der Waals surface area contributed by atoms with E-state index < -0.39 is 17.9 Å². The third kappa shape index (κ3) is 5.17. The molecule has 0 saturated heterocycles. The van der Waals surface area contributed by atoms with E-state index in [1.165, 1.54) is 14.2 Å². The molecule has 86 valence electrons. The van der Waals surface area contributed by atoms with E-state index >= 15 is 0 Å².